The Balaban J connectivity index is 1.90. The van der Waals surface area contributed by atoms with Crippen molar-refractivity contribution >= 4 is 46.2 Å². The summed E-state index contributed by atoms with van der Waals surface area (Å²) in [6.45, 7) is 0. The number of nitrogens with one attached hydrogen (secondary N) is 2. The lowest BCUT2D eigenvalue weighted by Crippen LogP contribution is -2.26. The van der Waals surface area contributed by atoms with E-state index in [9.17, 15) is 4.79 Å². The van der Waals surface area contributed by atoms with Gasteiger partial charge in [0.2, 0.25) is 0 Å². The monoisotopic (exact) mass is 335 g/mol. The lowest BCUT2D eigenvalue weighted by atomic mass is 10.1. The first kappa shape index (κ1) is 15.0. The second kappa shape index (κ2) is 6.07. The average Bonchev–Trinajstić information content (AvgIpc) is 3.23. The van der Waals surface area contributed by atoms with E-state index in [1.807, 2.05) is 0 Å². The first-order valence-electron chi connectivity index (χ1n) is 6.95. The van der Waals surface area contributed by atoms with Crippen LogP contribution in [0.5, 0.6) is 0 Å². The van der Waals surface area contributed by atoms with Crippen molar-refractivity contribution in [3.63, 3.8) is 0 Å². The SMILES string of the molecule is Nc1ccc(Nc2cc(Cl)cc(Cl)c2)c(C(=O)NC2CC2)c1. The third-order valence-corrected chi connectivity index (χ3v) is 3.78. The minimum absolute atomic E-state index is 0.134. The van der Waals surface area contributed by atoms with Gasteiger partial charge in [-0.3, -0.25) is 4.79 Å². The molecule has 0 unspecified atom stereocenters. The zero-order valence-electron chi connectivity index (χ0n) is 11.7. The normalized spacial score (nSPS) is 13.7. The second-order valence-electron chi connectivity index (χ2n) is 5.34. The number of hydrogen-bond acceptors (Lipinski definition) is 3. The van der Waals surface area contributed by atoms with Gasteiger partial charge in [0.25, 0.3) is 5.91 Å². The topological polar surface area (TPSA) is 67.1 Å². The summed E-state index contributed by atoms with van der Waals surface area (Å²) in [6, 6.07) is 10.6. The van der Waals surface area contributed by atoms with Crippen molar-refractivity contribution in [1.82, 2.24) is 5.32 Å². The fraction of sp³-hybridized carbons (Fsp3) is 0.188. The van der Waals surface area contributed by atoms with E-state index in [0.29, 0.717) is 32.7 Å². The van der Waals surface area contributed by atoms with Gasteiger partial charge in [-0.2, -0.15) is 0 Å². The minimum atomic E-state index is -0.134. The van der Waals surface area contributed by atoms with E-state index in [1.165, 1.54) is 0 Å². The number of carbonyl (C=O) groups is 1. The Hall–Kier alpha value is -1.91. The number of nitrogens with two attached hydrogens (primary N) is 1. The maximum absolute atomic E-state index is 12.3. The molecule has 1 aliphatic carbocycles. The van der Waals surface area contributed by atoms with Crippen LogP contribution in [0.4, 0.5) is 17.1 Å². The summed E-state index contributed by atoms with van der Waals surface area (Å²) >= 11 is 12.0. The van der Waals surface area contributed by atoms with Crippen molar-refractivity contribution in [3.05, 3.63) is 52.0 Å². The van der Waals surface area contributed by atoms with Crippen LogP contribution in [0.15, 0.2) is 36.4 Å². The Morgan fingerprint density at radius 1 is 1.09 bits per heavy atom. The van der Waals surface area contributed by atoms with Gasteiger partial charge in [-0.1, -0.05) is 23.2 Å². The predicted octanol–water partition coefficient (Wildman–Crippen LogP) is 4.21. The van der Waals surface area contributed by atoms with Gasteiger partial charge in [0.15, 0.2) is 0 Å². The standard InChI is InChI=1S/C16H15Cl2N3O/c17-9-5-10(18)7-13(6-9)20-15-4-1-11(19)8-14(15)16(22)21-12-2-3-12/h1,4-8,12,20H,2-3,19H2,(H,21,22). The molecule has 1 saturated carbocycles. The summed E-state index contributed by atoms with van der Waals surface area (Å²) < 4.78 is 0. The summed E-state index contributed by atoms with van der Waals surface area (Å²) in [5.74, 6) is -0.134. The van der Waals surface area contributed by atoms with E-state index in [1.54, 1.807) is 36.4 Å². The van der Waals surface area contributed by atoms with Gasteiger partial charge in [0.1, 0.15) is 0 Å². The van der Waals surface area contributed by atoms with Crippen molar-refractivity contribution in [1.29, 1.82) is 0 Å². The molecule has 0 saturated heterocycles. The number of rotatable bonds is 4. The van der Waals surface area contributed by atoms with E-state index >= 15 is 0 Å². The molecule has 4 nitrogen and oxygen atoms in total. The fourth-order valence-corrected chi connectivity index (χ4v) is 2.66. The van der Waals surface area contributed by atoms with Crippen LogP contribution in [-0.2, 0) is 0 Å². The van der Waals surface area contributed by atoms with Crippen LogP contribution in [0, 0.1) is 0 Å². The smallest absolute Gasteiger partial charge is 0.253 e. The molecule has 0 atom stereocenters. The maximum atomic E-state index is 12.3. The average molecular weight is 336 g/mol. The lowest BCUT2D eigenvalue weighted by Gasteiger charge is -2.13. The fourth-order valence-electron chi connectivity index (χ4n) is 2.13. The second-order valence-corrected chi connectivity index (χ2v) is 6.21. The first-order chi connectivity index (χ1) is 10.5. The Bertz CT molecular complexity index is 709. The van der Waals surface area contributed by atoms with Crippen molar-refractivity contribution in [3.8, 4) is 0 Å². The van der Waals surface area contributed by atoms with E-state index in [-0.39, 0.29) is 11.9 Å². The Kier molecular flexibility index (Phi) is 4.14. The highest BCUT2D eigenvalue weighted by Gasteiger charge is 2.25. The van der Waals surface area contributed by atoms with Crippen LogP contribution in [0.25, 0.3) is 0 Å². The van der Waals surface area contributed by atoms with Gasteiger partial charge in [-0.25, -0.2) is 0 Å². The van der Waals surface area contributed by atoms with Crippen LogP contribution < -0.4 is 16.4 Å². The summed E-state index contributed by atoms with van der Waals surface area (Å²) in [7, 11) is 0. The van der Waals surface area contributed by atoms with E-state index in [0.717, 1.165) is 12.8 Å². The van der Waals surface area contributed by atoms with Crippen molar-refractivity contribution in [2.75, 3.05) is 11.1 Å². The van der Waals surface area contributed by atoms with Gasteiger partial charge in [-0.05, 0) is 49.2 Å². The van der Waals surface area contributed by atoms with Gasteiger partial charge in [-0.15, -0.1) is 0 Å². The molecule has 1 aliphatic rings. The third kappa shape index (κ3) is 3.64. The third-order valence-electron chi connectivity index (χ3n) is 3.34. The highest BCUT2D eigenvalue weighted by molar-refractivity contribution is 6.35. The van der Waals surface area contributed by atoms with Crippen LogP contribution >= 0.6 is 23.2 Å². The van der Waals surface area contributed by atoms with Crippen LogP contribution in [0.2, 0.25) is 10.0 Å². The molecule has 0 spiro atoms. The Morgan fingerprint density at radius 2 is 1.77 bits per heavy atom. The molecule has 2 aromatic rings. The number of hydrogen-bond donors (Lipinski definition) is 3. The molecule has 0 bridgehead atoms. The summed E-state index contributed by atoms with van der Waals surface area (Å²) in [5.41, 5.74) is 8.21. The predicted molar refractivity (Wildman–Crippen MR) is 91.1 cm³/mol. The number of carbonyl (C=O) groups excluding carboxylic acids is 1. The molecule has 1 amide bonds. The Labute approximate surface area is 138 Å². The largest absolute Gasteiger partial charge is 0.399 e. The summed E-state index contributed by atoms with van der Waals surface area (Å²) in [5, 5.41) is 7.18. The molecule has 0 aliphatic heterocycles. The molecule has 0 aromatic heterocycles. The molecule has 3 rings (SSSR count). The molecule has 6 heteroatoms. The van der Waals surface area contributed by atoms with Crippen molar-refractivity contribution in [2.45, 2.75) is 18.9 Å². The molecular weight excluding hydrogens is 321 g/mol. The number of amides is 1. The molecule has 0 radical (unpaired) electrons. The number of anilines is 3. The van der Waals surface area contributed by atoms with Gasteiger partial charge in [0.05, 0.1) is 11.3 Å². The van der Waals surface area contributed by atoms with E-state index in [4.69, 9.17) is 28.9 Å². The van der Waals surface area contributed by atoms with E-state index in [2.05, 4.69) is 10.6 Å². The zero-order chi connectivity index (χ0) is 15.7. The number of benzene rings is 2. The van der Waals surface area contributed by atoms with Gasteiger partial charge < -0.3 is 16.4 Å². The van der Waals surface area contributed by atoms with Gasteiger partial charge in [0, 0.05) is 27.5 Å². The minimum Gasteiger partial charge on any atom is -0.399 e. The summed E-state index contributed by atoms with van der Waals surface area (Å²) in [4.78, 5) is 12.3. The molecular formula is C16H15Cl2N3O. The number of nitrogen functional groups attached to an aromatic ring is 1. The van der Waals surface area contributed by atoms with Crippen LogP contribution in [0.1, 0.15) is 23.2 Å². The quantitative estimate of drug-likeness (QED) is 0.733. The van der Waals surface area contributed by atoms with Crippen LogP contribution in [-0.4, -0.2) is 11.9 Å². The Morgan fingerprint density at radius 3 is 2.41 bits per heavy atom. The molecule has 4 N–H and O–H groups in total. The van der Waals surface area contributed by atoms with Crippen LogP contribution in [0.3, 0.4) is 0 Å². The molecule has 22 heavy (non-hydrogen) atoms. The molecule has 0 heterocycles. The van der Waals surface area contributed by atoms with Gasteiger partial charge >= 0.3 is 0 Å². The van der Waals surface area contributed by atoms with Crippen molar-refractivity contribution < 1.29 is 4.79 Å². The molecule has 114 valence electrons. The highest BCUT2D eigenvalue weighted by atomic mass is 35.5. The lowest BCUT2D eigenvalue weighted by molar-refractivity contribution is 0.0952. The van der Waals surface area contributed by atoms with E-state index < -0.39 is 0 Å². The number of halogens is 2. The summed E-state index contributed by atoms with van der Waals surface area (Å²) in [6.07, 6.45) is 2.06. The first-order valence-corrected chi connectivity index (χ1v) is 7.70. The molecule has 1 fully saturated rings. The zero-order valence-corrected chi connectivity index (χ0v) is 13.2. The van der Waals surface area contributed by atoms with Crippen molar-refractivity contribution in [2.24, 2.45) is 0 Å². The maximum Gasteiger partial charge on any atom is 0.253 e. The molecule has 2 aromatic carbocycles. The highest BCUT2D eigenvalue weighted by Crippen LogP contribution is 2.28.